The van der Waals surface area contributed by atoms with Crippen LogP contribution in [0.5, 0.6) is 0 Å². The number of fused-ring (bicyclic) bond motifs is 1. The average molecular weight is 474 g/mol. The molecule has 4 heterocycles. The number of alkyl halides is 3. The Morgan fingerprint density at radius 3 is 2.41 bits per heavy atom. The van der Waals surface area contributed by atoms with Crippen LogP contribution in [-0.4, -0.2) is 63.0 Å². The first-order chi connectivity index (χ1) is 15.0. The summed E-state index contributed by atoms with van der Waals surface area (Å²) in [7, 11) is 1.65. The molecular formula is C20H26F3N5O3S. The third-order valence-corrected chi connectivity index (χ3v) is 6.95. The Hall–Kier alpha value is -2.47. The number of aryl methyl sites for hydroxylation is 2. The number of carbonyl (C=O) groups is 2. The minimum Gasteiger partial charge on any atom is -0.475 e. The molecule has 1 amide bonds. The number of nitrogens with one attached hydrogen (secondary N) is 1. The lowest BCUT2D eigenvalue weighted by Gasteiger charge is -2.44. The molecule has 2 N–H and O–H groups in total. The Balaban J connectivity index is 0.000000360. The molecule has 1 fully saturated rings. The van der Waals surface area contributed by atoms with Crippen molar-refractivity contribution >= 4 is 23.2 Å². The SMILES string of the molecule is CNC(=O)c1nnc2n1CC1(CC2)CCN(Cc2ccc(C)s2)CC1.O=C(O)C(F)(F)F. The fourth-order valence-electron chi connectivity index (χ4n) is 4.14. The van der Waals surface area contributed by atoms with Crippen LogP contribution in [0.25, 0.3) is 0 Å². The Labute approximate surface area is 187 Å². The summed E-state index contributed by atoms with van der Waals surface area (Å²) in [5.41, 5.74) is 0.292. The lowest BCUT2D eigenvalue weighted by molar-refractivity contribution is -0.192. The van der Waals surface area contributed by atoms with Gasteiger partial charge in [0, 0.05) is 36.3 Å². The van der Waals surface area contributed by atoms with Crippen LogP contribution in [0.3, 0.4) is 0 Å². The molecule has 0 bridgehead atoms. The van der Waals surface area contributed by atoms with Crippen molar-refractivity contribution in [1.29, 1.82) is 0 Å². The quantitative estimate of drug-likeness (QED) is 0.711. The predicted octanol–water partition coefficient (Wildman–Crippen LogP) is 2.87. The number of carboxylic acid groups (broad SMARTS) is 1. The van der Waals surface area contributed by atoms with E-state index in [9.17, 15) is 18.0 Å². The lowest BCUT2D eigenvalue weighted by atomic mass is 9.73. The van der Waals surface area contributed by atoms with E-state index in [-0.39, 0.29) is 5.91 Å². The van der Waals surface area contributed by atoms with Gasteiger partial charge >= 0.3 is 12.1 Å². The van der Waals surface area contributed by atoms with Gasteiger partial charge in [-0.15, -0.1) is 21.5 Å². The van der Waals surface area contributed by atoms with Crippen molar-refractivity contribution in [3.8, 4) is 0 Å². The van der Waals surface area contributed by atoms with Crippen LogP contribution in [0.4, 0.5) is 13.2 Å². The number of thiophene rings is 1. The van der Waals surface area contributed by atoms with E-state index in [2.05, 4.69) is 44.0 Å². The van der Waals surface area contributed by atoms with E-state index in [0.717, 1.165) is 44.8 Å². The second-order valence-corrected chi connectivity index (χ2v) is 9.57. The first kappa shape index (κ1) is 24.2. The normalized spacial score (nSPS) is 17.9. The highest BCUT2D eigenvalue weighted by Gasteiger charge is 2.40. The van der Waals surface area contributed by atoms with Gasteiger partial charge in [0.2, 0.25) is 5.82 Å². The number of hydrogen-bond donors (Lipinski definition) is 2. The highest BCUT2D eigenvalue weighted by atomic mass is 32.1. The summed E-state index contributed by atoms with van der Waals surface area (Å²) in [6, 6.07) is 4.46. The molecular weight excluding hydrogens is 447 g/mol. The molecule has 2 aliphatic rings. The van der Waals surface area contributed by atoms with E-state index in [1.807, 2.05) is 11.3 Å². The maximum atomic E-state index is 12.0. The summed E-state index contributed by atoms with van der Waals surface area (Å²) < 4.78 is 33.8. The van der Waals surface area contributed by atoms with Crippen LogP contribution >= 0.6 is 11.3 Å². The van der Waals surface area contributed by atoms with Gasteiger partial charge in [-0.1, -0.05) is 0 Å². The van der Waals surface area contributed by atoms with Gasteiger partial charge < -0.3 is 15.0 Å². The van der Waals surface area contributed by atoms with Gasteiger partial charge in [-0.25, -0.2) is 4.79 Å². The highest BCUT2D eigenvalue weighted by molar-refractivity contribution is 7.11. The molecule has 0 aromatic carbocycles. The molecule has 0 aliphatic carbocycles. The first-order valence-electron chi connectivity index (χ1n) is 10.2. The summed E-state index contributed by atoms with van der Waals surface area (Å²) in [5.74, 6) is -1.47. The number of aromatic nitrogens is 3. The Bertz CT molecular complexity index is 964. The van der Waals surface area contributed by atoms with Crippen LogP contribution in [0.2, 0.25) is 0 Å². The molecule has 1 spiro atoms. The van der Waals surface area contributed by atoms with Gasteiger partial charge in [0.1, 0.15) is 5.82 Å². The summed E-state index contributed by atoms with van der Waals surface area (Å²) in [5, 5.41) is 18.1. The largest absolute Gasteiger partial charge is 0.490 e. The monoisotopic (exact) mass is 473 g/mol. The van der Waals surface area contributed by atoms with E-state index in [1.54, 1.807) is 7.05 Å². The van der Waals surface area contributed by atoms with E-state index in [0.29, 0.717) is 11.2 Å². The number of amides is 1. The third kappa shape index (κ3) is 5.66. The standard InChI is InChI=1S/C18H25N5OS.C2HF3O2/c1-13-3-4-14(25-13)11-22-9-7-18(8-10-22)6-5-15-20-21-16(17(24)19-2)23(15)12-18;3-2(4,5)1(6)7/h3-4H,5-12H2,1-2H3,(H,19,24);(H,6,7). The van der Waals surface area contributed by atoms with Crippen molar-refractivity contribution in [2.24, 2.45) is 5.41 Å². The molecule has 1 saturated heterocycles. The predicted molar refractivity (Wildman–Crippen MR) is 111 cm³/mol. The number of piperidine rings is 1. The van der Waals surface area contributed by atoms with Gasteiger partial charge in [0.05, 0.1) is 0 Å². The van der Waals surface area contributed by atoms with E-state index in [1.165, 1.54) is 22.6 Å². The lowest BCUT2D eigenvalue weighted by Crippen LogP contribution is -2.44. The number of nitrogens with zero attached hydrogens (tertiary/aromatic N) is 4. The number of carboxylic acids is 1. The second-order valence-electron chi connectivity index (χ2n) is 8.20. The molecule has 176 valence electrons. The number of rotatable bonds is 3. The average Bonchev–Trinajstić information content (AvgIpc) is 3.34. The second kappa shape index (κ2) is 9.57. The van der Waals surface area contributed by atoms with Crippen LogP contribution in [-0.2, 0) is 24.3 Å². The topological polar surface area (TPSA) is 100 Å². The maximum Gasteiger partial charge on any atom is 0.490 e. The van der Waals surface area contributed by atoms with Crippen LogP contribution in [0, 0.1) is 12.3 Å². The van der Waals surface area contributed by atoms with E-state index < -0.39 is 12.1 Å². The molecule has 2 aromatic heterocycles. The number of hydrogen-bond acceptors (Lipinski definition) is 6. The maximum absolute atomic E-state index is 12.0. The summed E-state index contributed by atoms with van der Waals surface area (Å²) in [6.45, 7) is 6.37. The van der Waals surface area contributed by atoms with E-state index in [4.69, 9.17) is 9.90 Å². The van der Waals surface area contributed by atoms with Crippen molar-refractivity contribution in [2.75, 3.05) is 20.1 Å². The molecule has 12 heteroatoms. The van der Waals surface area contributed by atoms with Gasteiger partial charge in [0.15, 0.2) is 0 Å². The first-order valence-corrected chi connectivity index (χ1v) is 11.1. The van der Waals surface area contributed by atoms with Gasteiger partial charge in [-0.3, -0.25) is 9.69 Å². The van der Waals surface area contributed by atoms with Crippen molar-refractivity contribution in [1.82, 2.24) is 25.0 Å². The molecule has 32 heavy (non-hydrogen) atoms. The van der Waals surface area contributed by atoms with Gasteiger partial charge in [0.25, 0.3) is 5.91 Å². The highest BCUT2D eigenvalue weighted by Crippen LogP contribution is 2.41. The van der Waals surface area contributed by atoms with Gasteiger partial charge in [-0.2, -0.15) is 13.2 Å². The van der Waals surface area contributed by atoms with Crippen molar-refractivity contribution in [3.63, 3.8) is 0 Å². The van der Waals surface area contributed by atoms with Crippen LogP contribution in [0.1, 0.15) is 45.5 Å². The third-order valence-electron chi connectivity index (χ3n) is 5.96. The zero-order valence-corrected chi connectivity index (χ0v) is 18.7. The van der Waals surface area contributed by atoms with Crippen molar-refractivity contribution in [2.45, 2.75) is 51.9 Å². The molecule has 8 nitrogen and oxygen atoms in total. The van der Waals surface area contributed by atoms with Crippen LogP contribution in [0.15, 0.2) is 12.1 Å². The summed E-state index contributed by atoms with van der Waals surface area (Å²) in [6.07, 6.45) is -0.636. The molecule has 0 unspecified atom stereocenters. The van der Waals surface area contributed by atoms with E-state index >= 15 is 0 Å². The number of carbonyl (C=O) groups excluding carboxylic acids is 1. The molecule has 0 radical (unpaired) electrons. The fraction of sp³-hybridized carbons (Fsp3) is 0.600. The number of aliphatic carboxylic acids is 1. The Morgan fingerprint density at radius 1 is 1.22 bits per heavy atom. The summed E-state index contributed by atoms with van der Waals surface area (Å²) >= 11 is 1.90. The van der Waals surface area contributed by atoms with Crippen molar-refractivity contribution in [3.05, 3.63) is 33.5 Å². The van der Waals surface area contributed by atoms with Gasteiger partial charge in [-0.05, 0) is 56.8 Å². The van der Waals surface area contributed by atoms with Crippen molar-refractivity contribution < 1.29 is 27.9 Å². The minimum absolute atomic E-state index is 0.138. The molecule has 2 aliphatic heterocycles. The minimum atomic E-state index is -5.08. The zero-order chi connectivity index (χ0) is 23.5. The molecule has 0 atom stereocenters. The molecule has 0 saturated carbocycles. The number of likely N-dealkylation sites (tertiary alicyclic amines) is 1. The smallest absolute Gasteiger partial charge is 0.475 e. The Morgan fingerprint density at radius 2 is 1.88 bits per heavy atom. The van der Waals surface area contributed by atoms with Crippen LogP contribution < -0.4 is 5.32 Å². The fourth-order valence-corrected chi connectivity index (χ4v) is 5.07. The molecule has 2 aromatic rings. The summed E-state index contributed by atoms with van der Waals surface area (Å²) in [4.78, 5) is 26.3. The number of halogens is 3. The Kier molecular flexibility index (Phi) is 7.23. The zero-order valence-electron chi connectivity index (χ0n) is 17.9. The molecule has 4 rings (SSSR count).